The van der Waals surface area contributed by atoms with E-state index in [0.29, 0.717) is 0 Å². The monoisotopic (exact) mass is 219 g/mol. The fourth-order valence-electron chi connectivity index (χ4n) is 2.76. The van der Waals surface area contributed by atoms with Crippen molar-refractivity contribution in [1.29, 1.82) is 0 Å². The zero-order valence-electron chi connectivity index (χ0n) is 10.3. The third kappa shape index (κ3) is 2.07. The van der Waals surface area contributed by atoms with Crippen molar-refractivity contribution in [3.05, 3.63) is 28.8 Å². The molecule has 0 saturated heterocycles. The second kappa shape index (κ2) is 4.88. The first-order valence-electron chi connectivity index (χ1n) is 6.11. The van der Waals surface area contributed by atoms with E-state index in [-0.39, 0.29) is 0 Å². The number of benzene rings is 1. The van der Waals surface area contributed by atoms with Crippen molar-refractivity contribution >= 4 is 0 Å². The number of fused-ring (bicyclic) bond motifs is 1. The first-order chi connectivity index (χ1) is 7.76. The molecule has 2 rings (SSSR count). The van der Waals surface area contributed by atoms with Crippen molar-refractivity contribution in [2.24, 2.45) is 11.7 Å². The Bertz CT molecular complexity index is 373. The predicted octanol–water partition coefficient (Wildman–Crippen LogP) is 2.46. The second-order valence-electron chi connectivity index (χ2n) is 4.73. The lowest BCUT2D eigenvalue weighted by atomic mass is 9.80. The minimum Gasteiger partial charge on any atom is -0.496 e. The molecule has 16 heavy (non-hydrogen) atoms. The summed E-state index contributed by atoms with van der Waals surface area (Å²) < 4.78 is 5.44. The van der Waals surface area contributed by atoms with Crippen molar-refractivity contribution in [2.75, 3.05) is 13.7 Å². The summed E-state index contributed by atoms with van der Waals surface area (Å²) >= 11 is 0. The van der Waals surface area contributed by atoms with Gasteiger partial charge in [-0.2, -0.15) is 0 Å². The standard InChI is InChI=1S/C14H21NO/c1-10-3-6-14(16-2)12-5-4-11(7-8-15)9-13(10)12/h3,6,11H,4-5,7-9,15H2,1-2H3. The molecule has 0 saturated carbocycles. The summed E-state index contributed by atoms with van der Waals surface area (Å²) in [7, 11) is 1.76. The minimum atomic E-state index is 0.767. The molecule has 88 valence electrons. The van der Waals surface area contributed by atoms with Gasteiger partial charge in [0.2, 0.25) is 0 Å². The molecule has 2 nitrogen and oxygen atoms in total. The normalized spacial score (nSPS) is 19.3. The van der Waals surface area contributed by atoms with Crippen LogP contribution in [-0.2, 0) is 12.8 Å². The smallest absolute Gasteiger partial charge is 0.122 e. The molecule has 0 radical (unpaired) electrons. The number of nitrogens with two attached hydrogens (primary N) is 1. The molecule has 1 aliphatic rings. The maximum absolute atomic E-state index is 5.65. The van der Waals surface area contributed by atoms with Gasteiger partial charge in [-0.1, -0.05) is 6.07 Å². The lowest BCUT2D eigenvalue weighted by Gasteiger charge is -2.27. The highest BCUT2D eigenvalue weighted by Gasteiger charge is 2.22. The van der Waals surface area contributed by atoms with Gasteiger partial charge < -0.3 is 10.5 Å². The average molecular weight is 219 g/mol. The van der Waals surface area contributed by atoms with Gasteiger partial charge in [0.15, 0.2) is 0 Å². The molecule has 0 fully saturated rings. The van der Waals surface area contributed by atoms with Crippen LogP contribution in [0.1, 0.15) is 29.5 Å². The molecule has 1 aromatic rings. The van der Waals surface area contributed by atoms with Crippen LogP contribution in [0.2, 0.25) is 0 Å². The van der Waals surface area contributed by atoms with E-state index in [9.17, 15) is 0 Å². The Labute approximate surface area is 97.8 Å². The molecule has 0 heterocycles. The van der Waals surface area contributed by atoms with Crippen LogP contribution in [0.4, 0.5) is 0 Å². The van der Waals surface area contributed by atoms with E-state index in [1.807, 2.05) is 0 Å². The van der Waals surface area contributed by atoms with Gasteiger partial charge >= 0.3 is 0 Å². The molecule has 0 bridgehead atoms. The molecule has 2 N–H and O–H groups in total. The number of rotatable bonds is 3. The topological polar surface area (TPSA) is 35.2 Å². The van der Waals surface area contributed by atoms with Crippen LogP contribution in [0.3, 0.4) is 0 Å². The fraction of sp³-hybridized carbons (Fsp3) is 0.571. The summed E-state index contributed by atoms with van der Waals surface area (Å²) in [6.07, 6.45) is 4.72. The van der Waals surface area contributed by atoms with Gasteiger partial charge in [-0.15, -0.1) is 0 Å². The highest BCUT2D eigenvalue weighted by molar-refractivity contribution is 5.46. The van der Waals surface area contributed by atoms with Crippen LogP contribution < -0.4 is 10.5 Å². The minimum absolute atomic E-state index is 0.767. The van der Waals surface area contributed by atoms with E-state index in [4.69, 9.17) is 10.5 Å². The molecule has 1 aliphatic carbocycles. The lowest BCUT2D eigenvalue weighted by Crippen LogP contribution is -2.19. The van der Waals surface area contributed by atoms with E-state index in [2.05, 4.69) is 19.1 Å². The van der Waals surface area contributed by atoms with Gasteiger partial charge in [-0.25, -0.2) is 0 Å². The fourth-order valence-corrected chi connectivity index (χ4v) is 2.76. The maximum atomic E-state index is 5.65. The van der Waals surface area contributed by atoms with Crippen LogP contribution >= 0.6 is 0 Å². The summed E-state index contributed by atoms with van der Waals surface area (Å²) in [5.41, 5.74) is 9.98. The molecular formula is C14H21NO. The van der Waals surface area contributed by atoms with Crippen molar-refractivity contribution in [2.45, 2.75) is 32.6 Å². The summed E-state index contributed by atoms with van der Waals surface area (Å²) in [4.78, 5) is 0. The Morgan fingerprint density at radius 3 is 2.88 bits per heavy atom. The van der Waals surface area contributed by atoms with Crippen LogP contribution in [0, 0.1) is 12.8 Å². The van der Waals surface area contributed by atoms with Crippen LogP contribution in [0.15, 0.2) is 12.1 Å². The molecule has 2 heteroatoms. The number of hydrogen-bond donors (Lipinski definition) is 1. The van der Waals surface area contributed by atoms with E-state index in [1.54, 1.807) is 7.11 Å². The molecule has 0 amide bonds. The Morgan fingerprint density at radius 1 is 1.38 bits per heavy atom. The third-order valence-corrected chi connectivity index (χ3v) is 3.71. The lowest BCUT2D eigenvalue weighted by molar-refractivity contribution is 0.388. The van der Waals surface area contributed by atoms with Gasteiger partial charge in [-0.05, 0) is 67.8 Å². The van der Waals surface area contributed by atoms with E-state index in [1.165, 1.54) is 29.5 Å². The molecule has 0 spiro atoms. The van der Waals surface area contributed by atoms with Crippen molar-refractivity contribution in [1.82, 2.24) is 0 Å². The summed E-state index contributed by atoms with van der Waals surface area (Å²) in [5, 5.41) is 0. The van der Waals surface area contributed by atoms with E-state index < -0.39 is 0 Å². The first-order valence-corrected chi connectivity index (χ1v) is 6.11. The number of ether oxygens (including phenoxy) is 1. The summed E-state index contributed by atoms with van der Waals surface area (Å²) in [5.74, 6) is 1.83. The second-order valence-corrected chi connectivity index (χ2v) is 4.73. The highest BCUT2D eigenvalue weighted by Crippen LogP contribution is 2.35. The first kappa shape index (κ1) is 11.5. The van der Waals surface area contributed by atoms with Crippen LogP contribution in [0.5, 0.6) is 5.75 Å². The Balaban J connectivity index is 2.30. The quantitative estimate of drug-likeness (QED) is 0.847. The Kier molecular flexibility index (Phi) is 3.49. The van der Waals surface area contributed by atoms with Crippen molar-refractivity contribution in [3.8, 4) is 5.75 Å². The molecule has 0 aromatic heterocycles. The molecule has 1 atom stereocenters. The zero-order valence-corrected chi connectivity index (χ0v) is 10.3. The number of aryl methyl sites for hydroxylation is 1. The Morgan fingerprint density at radius 2 is 2.19 bits per heavy atom. The van der Waals surface area contributed by atoms with Crippen molar-refractivity contribution in [3.63, 3.8) is 0 Å². The van der Waals surface area contributed by atoms with Gasteiger partial charge in [0.1, 0.15) is 5.75 Å². The van der Waals surface area contributed by atoms with E-state index >= 15 is 0 Å². The molecule has 0 aliphatic heterocycles. The number of methoxy groups -OCH3 is 1. The largest absolute Gasteiger partial charge is 0.496 e. The zero-order chi connectivity index (χ0) is 11.5. The van der Waals surface area contributed by atoms with Gasteiger partial charge in [0.05, 0.1) is 7.11 Å². The average Bonchev–Trinajstić information content (AvgIpc) is 2.31. The van der Waals surface area contributed by atoms with E-state index in [0.717, 1.165) is 31.1 Å². The van der Waals surface area contributed by atoms with Gasteiger partial charge in [-0.3, -0.25) is 0 Å². The van der Waals surface area contributed by atoms with Crippen LogP contribution in [0.25, 0.3) is 0 Å². The Hall–Kier alpha value is -1.02. The number of hydrogen-bond acceptors (Lipinski definition) is 2. The summed E-state index contributed by atoms with van der Waals surface area (Å²) in [6, 6.07) is 4.26. The molecule has 1 unspecified atom stereocenters. The van der Waals surface area contributed by atoms with Crippen molar-refractivity contribution < 1.29 is 4.74 Å². The molecule has 1 aromatic carbocycles. The highest BCUT2D eigenvalue weighted by atomic mass is 16.5. The van der Waals surface area contributed by atoms with Crippen LogP contribution in [-0.4, -0.2) is 13.7 Å². The predicted molar refractivity (Wildman–Crippen MR) is 66.9 cm³/mol. The molecular weight excluding hydrogens is 198 g/mol. The summed E-state index contributed by atoms with van der Waals surface area (Å²) in [6.45, 7) is 3.01. The SMILES string of the molecule is COc1ccc(C)c2c1CCC(CCN)C2. The van der Waals surface area contributed by atoms with Gasteiger partial charge in [0, 0.05) is 0 Å². The third-order valence-electron chi connectivity index (χ3n) is 3.71. The van der Waals surface area contributed by atoms with Gasteiger partial charge in [0.25, 0.3) is 0 Å². The maximum Gasteiger partial charge on any atom is 0.122 e.